The molecule has 43 heavy (non-hydrogen) atoms. The van der Waals surface area contributed by atoms with E-state index >= 15 is 0 Å². The van der Waals surface area contributed by atoms with Gasteiger partial charge in [-0.3, -0.25) is 4.98 Å². The zero-order valence-corrected chi connectivity index (χ0v) is 23.8. The largest absolute Gasteiger partial charge is 0.478 e. The van der Waals surface area contributed by atoms with Crippen LogP contribution in [0.4, 0.5) is 13.2 Å². The first-order chi connectivity index (χ1) is 20.5. The smallest absolute Gasteiger partial charge is 0.416 e. The highest BCUT2D eigenvalue weighted by atomic mass is 19.4. The average Bonchev–Trinajstić information content (AvgIpc) is 3.00. The fourth-order valence-electron chi connectivity index (χ4n) is 6.57. The molecule has 1 unspecified atom stereocenters. The fourth-order valence-corrected chi connectivity index (χ4v) is 6.57. The van der Waals surface area contributed by atoms with Crippen LogP contribution in [0.15, 0.2) is 109 Å². The van der Waals surface area contributed by atoms with Gasteiger partial charge in [0.1, 0.15) is 0 Å². The Labute approximate surface area is 247 Å². The zero-order valence-electron chi connectivity index (χ0n) is 23.8. The molecule has 6 aromatic rings. The number of nitrogens with zero attached hydrogens (tertiary/aromatic N) is 1. The minimum Gasteiger partial charge on any atom is -0.478 e. The molecule has 216 valence electrons. The summed E-state index contributed by atoms with van der Waals surface area (Å²) in [5, 5.41) is 14.6. The summed E-state index contributed by atoms with van der Waals surface area (Å²) in [5.41, 5.74) is 3.78. The molecular formula is C37H30F3NO2. The number of fused-ring (bicyclic) bond motifs is 6. The van der Waals surface area contributed by atoms with Crippen LogP contribution < -0.4 is 0 Å². The van der Waals surface area contributed by atoms with Gasteiger partial charge in [-0.2, -0.15) is 13.2 Å². The first kappa shape index (κ1) is 28.4. The topological polar surface area (TPSA) is 50.2 Å². The van der Waals surface area contributed by atoms with Crippen molar-refractivity contribution in [1.82, 2.24) is 4.98 Å². The van der Waals surface area contributed by atoms with E-state index in [4.69, 9.17) is 5.11 Å². The van der Waals surface area contributed by atoms with Crippen molar-refractivity contribution in [3.05, 3.63) is 137 Å². The number of benzene rings is 5. The third-order valence-electron chi connectivity index (χ3n) is 8.45. The molecule has 0 aliphatic heterocycles. The normalized spacial score (nSPS) is 16.0. The Morgan fingerprint density at radius 3 is 2.37 bits per heavy atom. The van der Waals surface area contributed by atoms with Gasteiger partial charge in [-0.05, 0) is 92.7 Å². The molecule has 0 saturated heterocycles. The molecule has 7 rings (SSSR count). The van der Waals surface area contributed by atoms with Crippen LogP contribution in [0.1, 0.15) is 58.8 Å². The maximum atomic E-state index is 13.2. The Morgan fingerprint density at radius 2 is 1.58 bits per heavy atom. The highest BCUT2D eigenvalue weighted by Gasteiger charge is 2.36. The van der Waals surface area contributed by atoms with Gasteiger partial charge >= 0.3 is 12.1 Å². The van der Waals surface area contributed by atoms with Gasteiger partial charge in [-0.25, -0.2) is 4.79 Å². The van der Waals surface area contributed by atoms with Crippen LogP contribution in [0.5, 0.6) is 0 Å². The summed E-state index contributed by atoms with van der Waals surface area (Å²) in [4.78, 5) is 14.7. The molecule has 0 amide bonds. The number of hydrogen-bond donors (Lipinski definition) is 1. The Kier molecular flexibility index (Phi) is 7.17. The van der Waals surface area contributed by atoms with Crippen molar-refractivity contribution in [1.29, 1.82) is 0 Å². The average molecular weight is 578 g/mol. The van der Waals surface area contributed by atoms with E-state index in [1.54, 1.807) is 30.5 Å². The quantitative estimate of drug-likeness (QED) is 0.208. The molecule has 3 nitrogen and oxygen atoms in total. The number of pyridine rings is 1. The van der Waals surface area contributed by atoms with Gasteiger partial charge in [-0.1, -0.05) is 86.6 Å². The van der Waals surface area contributed by atoms with E-state index in [2.05, 4.69) is 67.4 Å². The van der Waals surface area contributed by atoms with Crippen LogP contribution in [0.25, 0.3) is 32.4 Å². The van der Waals surface area contributed by atoms with Crippen molar-refractivity contribution in [3.8, 4) is 0 Å². The minimum absolute atomic E-state index is 0.0766. The maximum Gasteiger partial charge on any atom is 0.416 e. The van der Waals surface area contributed by atoms with E-state index in [0.717, 1.165) is 35.4 Å². The van der Waals surface area contributed by atoms with E-state index in [-0.39, 0.29) is 11.3 Å². The van der Waals surface area contributed by atoms with Gasteiger partial charge in [0.15, 0.2) is 0 Å². The highest BCUT2D eigenvalue weighted by Crippen LogP contribution is 2.47. The van der Waals surface area contributed by atoms with Gasteiger partial charge in [0.2, 0.25) is 0 Å². The Balaban J connectivity index is 0.000000211. The molecule has 0 spiro atoms. The second kappa shape index (κ2) is 10.8. The maximum absolute atomic E-state index is 13.2. The zero-order chi connectivity index (χ0) is 30.4. The molecule has 1 aliphatic carbocycles. The van der Waals surface area contributed by atoms with Gasteiger partial charge in [0.05, 0.1) is 16.6 Å². The first-order valence-electron chi connectivity index (χ1n) is 14.2. The second-order valence-electron chi connectivity index (χ2n) is 11.8. The first-order valence-corrected chi connectivity index (χ1v) is 14.2. The summed E-state index contributed by atoms with van der Waals surface area (Å²) >= 11 is 0. The molecule has 1 N–H and O–H groups in total. The fraction of sp³-hybridized carbons (Fsp3) is 0.189. The van der Waals surface area contributed by atoms with Gasteiger partial charge in [0.25, 0.3) is 0 Å². The number of carboxylic acid groups (broad SMARTS) is 1. The third-order valence-corrected chi connectivity index (χ3v) is 8.45. The predicted octanol–water partition coefficient (Wildman–Crippen LogP) is 9.95. The van der Waals surface area contributed by atoms with Crippen LogP contribution in [-0.2, 0) is 18.0 Å². The van der Waals surface area contributed by atoms with Gasteiger partial charge in [-0.15, -0.1) is 0 Å². The SMILES string of the molecule is CC1(C)CC(c2cccc(C(F)(F)F)c2)Cc2ccc3c(ccc4ccccc43)c21.O=C(O)c1ccc2ncccc2c1. The summed E-state index contributed by atoms with van der Waals surface area (Å²) in [6.07, 6.45) is -1.03. The molecule has 0 bridgehead atoms. The predicted molar refractivity (Wildman–Crippen MR) is 166 cm³/mol. The van der Waals surface area contributed by atoms with Gasteiger partial charge in [0, 0.05) is 11.6 Å². The van der Waals surface area contributed by atoms with E-state index in [9.17, 15) is 18.0 Å². The van der Waals surface area contributed by atoms with Crippen molar-refractivity contribution in [2.45, 2.75) is 44.2 Å². The summed E-state index contributed by atoms with van der Waals surface area (Å²) < 4.78 is 39.7. The molecule has 1 aliphatic rings. The van der Waals surface area contributed by atoms with E-state index in [0.29, 0.717) is 5.56 Å². The van der Waals surface area contributed by atoms with Crippen LogP contribution >= 0.6 is 0 Å². The molecule has 0 radical (unpaired) electrons. The van der Waals surface area contributed by atoms with Crippen molar-refractivity contribution in [2.24, 2.45) is 0 Å². The van der Waals surface area contributed by atoms with E-state index in [1.165, 1.54) is 44.8 Å². The summed E-state index contributed by atoms with van der Waals surface area (Å²) in [6, 6.07) is 31.5. The van der Waals surface area contributed by atoms with Crippen LogP contribution in [0.2, 0.25) is 0 Å². The Hall–Kier alpha value is -4.71. The molecule has 0 fully saturated rings. The summed E-state index contributed by atoms with van der Waals surface area (Å²) in [5.74, 6) is -0.835. The standard InChI is InChI=1S/C27H23F3.C10H7NO2/c1-26(2)16-20(18-7-5-8-21(15-18)27(28,29)30)14-19-11-12-23-22-9-4-3-6-17(22)10-13-24(23)25(19)26;12-10(13)8-3-4-9-7(6-8)2-1-5-11-9/h3-13,15,20H,14,16H2,1-2H3;1-6H,(H,12,13). The number of aromatic nitrogens is 1. The number of alkyl halides is 3. The van der Waals surface area contributed by atoms with Crippen LogP contribution in [0, 0.1) is 0 Å². The van der Waals surface area contributed by atoms with E-state index < -0.39 is 17.7 Å². The number of hydrogen-bond acceptors (Lipinski definition) is 2. The number of carboxylic acids is 1. The van der Waals surface area contributed by atoms with Crippen LogP contribution in [0.3, 0.4) is 0 Å². The lowest BCUT2D eigenvalue weighted by Gasteiger charge is -2.39. The number of rotatable bonds is 2. The van der Waals surface area contributed by atoms with Crippen molar-refractivity contribution >= 4 is 38.4 Å². The molecule has 5 aromatic carbocycles. The lowest BCUT2D eigenvalue weighted by Crippen LogP contribution is -2.29. The molecule has 1 heterocycles. The van der Waals surface area contributed by atoms with Crippen LogP contribution in [-0.4, -0.2) is 16.1 Å². The van der Waals surface area contributed by atoms with Crippen molar-refractivity contribution < 1.29 is 23.1 Å². The molecule has 1 atom stereocenters. The molecule has 1 aromatic heterocycles. The monoisotopic (exact) mass is 577 g/mol. The van der Waals surface area contributed by atoms with E-state index in [1.807, 2.05) is 12.1 Å². The number of halogens is 3. The summed E-state index contributed by atoms with van der Waals surface area (Å²) in [7, 11) is 0. The Morgan fingerprint density at radius 1 is 0.814 bits per heavy atom. The number of aromatic carboxylic acids is 1. The second-order valence-corrected chi connectivity index (χ2v) is 11.8. The third kappa shape index (κ3) is 5.57. The minimum atomic E-state index is -4.31. The highest BCUT2D eigenvalue weighted by molar-refractivity contribution is 6.09. The Bertz CT molecular complexity index is 1990. The molecule has 6 heteroatoms. The summed E-state index contributed by atoms with van der Waals surface area (Å²) in [6.45, 7) is 4.44. The lowest BCUT2D eigenvalue weighted by molar-refractivity contribution is -0.137. The van der Waals surface area contributed by atoms with Crippen molar-refractivity contribution in [2.75, 3.05) is 0 Å². The molecule has 0 saturated carbocycles. The van der Waals surface area contributed by atoms with Gasteiger partial charge < -0.3 is 5.11 Å². The number of carbonyl (C=O) groups is 1. The van der Waals surface area contributed by atoms with Crippen molar-refractivity contribution in [3.63, 3.8) is 0 Å². The lowest BCUT2D eigenvalue weighted by atomic mass is 9.65. The molecular weight excluding hydrogens is 547 g/mol.